The molecule has 0 saturated carbocycles. The fraction of sp³-hybridized carbons (Fsp3) is 0.462. The van der Waals surface area contributed by atoms with E-state index in [4.69, 9.17) is 4.74 Å². The van der Waals surface area contributed by atoms with Gasteiger partial charge in [0.25, 0.3) is 0 Å². The molecule has 0 saturated heterocycles. The van der Waals surface area contributed by atoms with Gasteiger partial charge in [0, 0.05) is 5.57 Å². The van der Waals surface area contributed by atoms with E-state index < -0.39 is 0 Å². The molecular weight excluding hydrogens is 188 g/mol. The summed E-state index contributed by atoms with van der Waals surface area (Å²) in [6.45, 7) is 9.14. The first kappa shape index (κ1) is 13.7. The number of carbonyl (C=O) groups is 1. The van der Waals surface area contributed by atoms with Gasteiger partial charge in [0.2, 0.25) is 0 Å². The highest BCUT2D eigenvalue weighted by Gasteiger charge is 1.99. The third kappa shape index (κ3) is 9.01. The molecule has 0 spiro atoms. The first-order valence-corrected chi connectivity index (χ1v) is 5.27. The van der Waals surface area contributed by atoms with Crippen LogP contribution in [0.15, 0.2) is 37.0 Å². The molecule has 0 radical (unpaired) electrons. The fourth-order valence-electron chi connectivity index (χ4n) is 0.984. The molecule has 2 nitrogen and oxygen atoms in total. The van der Waals surface area contributed by atoms with Crippen molar-refractivity contribution in [3.05, 3.63) is 37.0 Å². The number of carbonyl (C=O) groups excluding carboxylic acids is 1. The second-order valence-corrected chi connectivity index (χ2v) is 3.42. The van der Waals surface area contributed by atoms with Crippen molar-refractivity contribution in [2.24, 2.45) is 0 Å². The van der Waals surface area contributed by atoms with Crippen molar-refractivity contribution in [2.45, 2.75) is 32.6 Å². The maximum atomic E-state index is 11.0. The first-order valence-electron chi connectivity index (χ1n) is 5.27. The monoisotopic (exact) mass is 208 g/mol. The highest BCUT2D eigenvalue weighted by atomic mass is 16.5. The number of ether oxygens (including phenoxy) is 1. The number of unbranched alkanes of at least 4 members (excludes halogenated alkanes) is 3. The lowest BCUT2D eigenvalue weighted by Crippen LogP contribution is -2.04. The molecule has 0 atom stereocenters. The lowest BCUT2D eigenvalue weighted by atomic mass is 10.2. The van der Waals surface area contributed by atoms with Crippen molar-refractivity contribution in [1.29, 1.82) is 0 Å². The molecule has 0 bridgehead atoms. The zero-order valence-electron chi connectivity index (χ0n) is 9.50. The molecule has 0 amide bonds. The summed E-state index contributed by atoms with van der Waals surface area (Å²) in [4.78, 5) is 11.0. The van der Waals surface area contributed by atoms with E-state index >= 15 is 0 Å². The molecule has 0 fully saturated rings. The molecule has 0 aromatic carbocycles. The highest BCUT2D eigenvalue weighted by molar-refractivity contribution is 5.86. The number of rotatable bonds is 8. The van der Waals surface area contributed by atoms with Crippen LogP contribution < -0.4 is 0 Å². The van der Waals surface area contributed by atoms with Crippen LogP contribution in [0, 0.1) is 0 Å². The normalized spacial score (nSPS) is 10.2. The molecule has 15 heavy (non-hydrogen) atoms. The molecule has 0 aromatic rings. The lowest BCUT2D eigenvalue weighted by Gasteiger charge is -1.99. The number of hydrogen-bond acceptors (Lipinski definition) is 2. The number of esters is 1. The maximum Gasteiger partial charge on any atom is 0.333 e. The van der Waals surface area contributed by atoms with Gasteiger partial charge in [-0.2, -0.15) is 0 Å². The van der Waals surface area contributed by atoms with E-state index in [1.165, 1.54) is 6.42 Å². The van der Waals surface area contributed by atoms with Gasteiger partial charge < -0.3 is 4.74 Å². The average molecular weight is 208 g/mol. The lowest BCUT2D eigenvalue weighted by molar-refractivity contribution is -0.137. The molecule has 0 unspecified atom stereocenters. The zero-order chi connectivity index (χ0) is 11.5. The smallest absolute Gasteiger partial charge is 0.333 e. The Balaban J connectivity index is 3.35. The standard InChI is InChI=1S/C13H20O2/c1-4-5-6-7-8-9-10-11-15-13(14)12(2)3/h4,9-10H,1-2,5-8,11H2,3H3. The van der Waals surface area contributed by atoms with E-state index in [-0.39, 0.29) is 5.97 Å². The number of allylic oxidation sites excluding steroid dienone is 2. The molecule has 0 aliphatic rings. The Morgan fingerprint density at radius 3 is 2.53 bits per heavy atom. The van der Waals surface area contributed by atoms with Crippen molar-refractivity contribution in [1.82, 2.24) is 0 Å². The van der Waals surface area contributed by atoms with Crippen LogP contribution in [0.3, 0.4) is 0 Å². The molecule has 0 N–H and O–H groups in total. The maximum absolute atomic E-state index is 11.0. The van der Waals surface area contributed by atoms with Crippen LogP contribution in [0.1, 0.15) is 32.6 Å². The van der Waals surface area contributed by atoms with Crippen LogP contribution in [0.5, 0.6) is 0 Å². The third-order valence-corrected chi connectivity index (χ3v) is 1.85. The summed E-state index contributed by atoms with van der Waals surface area (Å²) in [6.07, 6.45) is 10.2. The van der Waals surface area contributed by atoms with E-state index in [0.29, 0.717) is 12.2 Å². The van der Waals surface area contributed by atoms with Gasteiger partial charge >= 0.3 is 5.97 Å². The van der Waals surface area contributed by atoms with Gasteiger partial charge in [-0.25, -0.2) is 4.79 Å². The van der Waals surface area contributed by atoms with Crippen LogP contribution in [-0.2, 0) is 9.53 Å². The van der Waals surface area contributed by atoms with Gasteiger partial charge in [0.1, 0.15) is 6.61 Å². The van der Waals surface area contributed by atoms with Gasteiger partial charge in [-0.05, 0) is 32.6 Å². The zero-order valence-corrected chi connectivity index (χ0v) is 9.50. The molecule has 2 heteroatoms. The van der Waals surface area contributed by atoms with Gasteiger partial charge in [0.05, 0.1) is 0 Å². The van der Waals surface area contributed by atoms with Crippen molar-refractivity contribution < 1.29 is 9.53 Å². The van der Waals surface area contributed by atoms with Crippen LogP contribution in [-0.4, -0.2) is 12.6 Å². The Labute approximate surface area is 92.3 Å². The van der Waals surface area contributed by atoms with Crippen LogP contribution >= 0.6 is 0 Å². The summed E-state index contributed by atoms with van der Waals surface area (Å²) >= 11 is 0. The molecule has 0 rings (SSSR count). The molecule has 84 valence electrons. The first-order chi connectivity index (χ1) is 7.18. The highest BCUT2D eigenvalue weighted by Crippen LogP contribution is 2.01. The minimum Gasteiger partial charge on any atom is -0.458 e. The van der Waals surface area contributed by atoms with Crippen LogP contribution in [0.2, 0.25) is 0 Å². The van der Waals surface area contributed by atoms with Gasteiger partial charge in [0.15, 0.2) is 0 Å². The summed E-state index contributed by atoms with van der Waals surface area (Å²) in [5.41, 5.74) is 0.439. The average Bonchev–Trinajstić information content (AvgIpc) is 2.21. The number of hydrogen-bond donors (Lipinski definition) is 0. The Morgan fingerprint density at radius 1 is 1.27 bits per heavy atom. The van der Waals surface area contributed by atoms with Crippen molar-refractivity contribution in [3.63, 3.8) is 0 Å². The SMILES string of the molecule is C=CCCCCC=CCOC(=O)C(=C)C. The van der Waals surface area contributed by atoms with E-state index in [1.807, 2.05) is 18.2 Å². The molecular formula is C13H20O2. The van der Waals surface area contributed by atoms with Crippen LogP contribution in [0.4, 0.5) is 0 Å². The third-order valence-electron chi connectivity index (χ3n) is 1.85. The van der Waals surface area contributed by atoms with Gasteiger partial charge in [-0.3, -0.25) is 0 Å². The summed E-state index contributed by atoms with van der Waals surface area (Å²) < 4.78 is 4.89. The Bertz CT molecular complexity index is 239. The Morgan fingerprint density at radius 2 is 1.93 bits per heavy atom. The van der Waals surface area contributed by atoms with E-state index in [9.17, 15) is 4.79 Å². The molecule has 0 heterocycles. The second kappa shape index (κ2) is 9.25. The predicted molar refractivity (Wildman–Crippen MR) is 63.6 cm³/mol. The van der Waals surface area contributed by atoms with Crippen molar-refractivity contribution in [2.75, 3.05) is 6.61 Å². The quantitative estimate of drug-likeness (QED) is 0.264. The van der Waals surface area contributed by atoms with Gasteiger partial charge in [-0.15, -0.1) is 6.58 Å². The van der Waals surface area contributed by atoms with E-state index in [2.05, 4.69) is 13.2 Å². The predicted octanol–water partition coefficient (Wildman–Crippen LogP) is 3.41. The van der Waals surface area contributed by atoms with Crippen LogP contribution in [0.25, 0.3) is 0 Å². The largest absolute Gasteiger partial charge is 0.458 e. The Kier molecular flexibility index (Phi) is 8.44. The van der Waals surface area contributed by atoms with Crippen molar-refractivity contribution >= 4 is 5.97 Å². The van der Waals surface area contributed by atoms with Gasteiger partial charge in [-0.1, -0.05) is 24.8 Å². The molecule has 0 aliphatic heterocycles. The minimum absolute atomic E-state index is 0.327. The van der Waals surface area contributed by atoms with Crippen molar-refractivity contribution in [3.8, 4) is 0 Å². The summed E-state index contributed by atoms with van der Waals surface area (Å²) in [5.74, 6) is -0.327. The van der Waals surface area contributed by atoms with E-state index in [1.54, 1.807) is 6.92 Å². The topological polar surface area (TPSA) is 26.3 Å². The summed E-state index contributed by atoms with van der Waals surface area (Å²) in [5, 5.41) is 0. The summed E-state index contributed by atoms with van der Waals surface area (Å²) in [6, 6.07) is 0. The minimum atomic E-state index is -0.327. The summed E-state index contributed by atoms with van der Waals surface area (Å²) in [7, 11) is 0. The Hall–Kier alpha value is -1.31. The molecule has 0 aliphatic carbocycles. The fourth-order valence-corrected chi connectivity index (χ4v) is 0.984. The molecule has 0 aromatic heterocycles. The second-order valence-electron chi connectivity index (χ2n) is 3.42. The van der Waals surface area contributed by atoms with E-state index in [0.717, 1.165) is 19.3 Å².